The van der Waals surface area contributed by atoms with Gasteiger partial charge in [0.05, 0.1) is 0 Å². The van der Waals surface area contributed by atoms with Gasteiger partial charge in [0.1, 0.15) is 0 Å². The minimum Gasteiger partial charge on any atom is -0.504 e. The smallest absolute Gasteiger partial charge is 0.259 e. The van der Waals surface area contributed by atoms with Crippen molar-refractivity contribution in [3.8, 4) is 11.5 Å². The normalized spacial score (nSPS) is 9.80. The van der Waals surface area contributed by atoms with Gasteiger partial charge in [0.15, 0.2) is 18.1 Å². The Morgan fingerprint density at radius 3 is 2.80 bits per heavy atom. The molecule has 5 heteroatoms. The molecule has 0 heterocycles. The van der Waals surface area contributed by atoms with E-state index < -0.39 is 0 Å². The number of benzene rings is 1. The third-order valence-corrected chi connectivity index (χ3v) is 2.01. The van der Waals surface area contributed by atoms with Crippen LogP contribution in [0.4, 0.5) is 0 Å². The molecule has 0 atom stereocenters. The molecule has 0 spiro atoms. The molecule has 0 saturated carbocycles. The summed E-state index contributed by atoms with van der Waals surface area (Å²) in [6, 6.07) is 4.41. The van der Waals surface area contributed by atoms with Gasteiger partial charge in [-0.25, -0.2) is 0 Å². The van der Waals surface area contributed by atoms with Crippen LogP contribution >= 0.6 is 11.6 Å². The predicted octanol–water partition coefficient (Wildman–Crippen LogP) is 1.51. The second kappa shape index (κ2) is 4.89. The Hall–Kier alpha value is -1.42. The zero-order chi connectivity index (χ0) is 11.4. The molecule has 0 aliphatic carbocycles. The van der Waals surface area contributed by atoms with Crippen molar-refractivity contribution in [2.45, 2.75) is 0 Å². The van der Waals surface area contributed by atoms with E-state index in [1.165, 1.54) is 23.1 Å². The van der Waals surface area contributed by atoms with Crippen molar-refractivity contribution in [2.24, 2.45) is 0 Å². The van der Waals surface area contributed by atoms with Crippen molar-refractivity contribution in [3.63, 3.8) is 0 Å². The summed E-state index contributed by atoms with van der Waals surface area (Å²) in [7, 11) is 3.26. The maximum absolute atomic E-state index is 11.2. The molecule has 0 bridgehead atoms. The number of phenolic OH excluding ortho intramolecular Hbond substituents is 1. The number of phenols is 1. The average molecular weight is 230 g/mol. The average Bonchev–Trinajstić information content (AvgIpc) is 2.18. The Kier molecular flexibility index (Phi) is 3.80. The molecule has 0 unspecified atom stereocenters. The molecule has 1 aromatic carbocycles. The maximum Gasteiger partial charge on any atom is 0.259 e. The highest BCUT2D eigenvalue weighted by Gasteiger charge is 2.08. The number of likely N-dealkylation sites (N-methyl/N-ethyl adjacent to an activating group) is 1. The second-order valence-electron chi connectivity index (χ2n) is 3.19. The number of aromatic hydroxyl groups is 1. The third kappa shape index (κ3) is 3.32. The SMILES string of the molecule is CN(C)C(=O)COc1cc(Cl)ccc1O. The van der Waals surface area contributed by atoms with Crippen LogP contribution in [0, 0.1) is 0 Å². The monoisotopic (exact) mass is 229 g/mol. The number of hydrogen-bond acceptors (Lipinski definition) is 3. The minimum atomic E-state index is -0.186. The quantitative estimate of drug-likeness (QED) is 0.855. The summed E-state index contributed by atoms with van der Waals surface area (Å²) in [5.74, 6) is -0.0157. The Bertz CT molecular complexity index is 366. The molecule has 1 rings (SSSR count). The number of hydrogen-bond donors (Lipinski definition) is 1. The molecule has 0 fully saturated rings. The molecular weight excluding hydrogens is 218 g/mol. The standard InChI is InChI=1S/C10H12ClNO3/c1-12(2)10(14)6-15-9-5-7(11)3-4-8(9)13/h3-5,13H,6H2,1-2H3. The van der Waals surface area contributed by atoms with Crippen LogP contribution in [0.5, 0.6) is 11.5 Å². The highest BCUT2D eigenvalue weighted by atomic mass is 35.5. The number of rotatable bonds is 3. The molecule has 82 valence electrons. The summed E-state index contributed by atoms with van der Waals surface area (Å²) in [6.45, 7) is -0.124. The van der Waals surface area contributed by atoms with Gasteiger partial charge in [0.25, 0.3) is 5.91 Å². The van der Waals surface area contributed by atoms with E-state index in [1.807, 2.05) is 0 Å². The zero-order valence-electron chi connectivity index (χ0n) is 8.53. The van der Waals surface area contributed by atoms with E-state index in [4.69, 9.17) is 16.3 Å². The topological polar surface area (TPSA) is 49.8 Å². The lowest BCUT2D eigenvalue weighted by molar-refractivity contribution is -0.130. The lowest BCUT2D eigenvalue weighted by atomic mass is 10.3. The fourth-order valence-corrected chi connectivity index (χ4v) is 1.03. The predicted molar refractivity (Wildman–Crippen MR) is 57.3 cm³/mol. The zero-order valence-corrected chi connectivity index (χ0v) is 9.28. The van der Waals surface area contributed by atoms with E-state index in [0.717, 1.165) is 0 Å². The Morgan fingerprint density at radius 2 is 2.20 bits per heavy atom. The van der Waals surface area contributed by atoms with Crippen molar-refractivity contribution >= 4 is 17.5 Å². The maximum atomic E-state index is 11.2. The van der Waals surface area contributed by atoms with E-state index in [9.17, 15) is 9.90 Å². The molecule has 4 nitrogen and oxygen atoms in total. The van der Waals surface area contributed by atoms with Gasteiger partial charge in [-0.1, -0.05) is 11.6 Å². The van der Waals surface area contributed by atoms with E-state index in [2.05, 4.69) is 0 Å². The van der Waals surface area contributed by atoms with Gasteiger partial charge < -0.3 is 14.7 Å². The Morgan fingerprint density at radius 1 is 1.53 bits per heavy atom. The van der Waals surface area contributed by atoms with Crippen LogP contribution in [0.3, 0.4) is 0 Å². The number of halogens is 1. The fourth-order valence-electron chi connectivity index (χ4n) is 0.872. The van der Waals surface area contributed by atoms with E-state index >= 15 is 0 Å². The van der Waals surface area contributed by atoms with Gasteiger partial charge >= 0.3 is 0 Å². The molecule has 0 aromatic heterocycles. The molecule has 0 aliphatic rings. The second-order valence-corrected chi connectivity index (χ2v) is 3.63. The van der Waals surface area contributed by atoms with Crippen molar-refractivity contribution in [3.05, 3.63) is 23.2 Å². The first-order valence-electron chi connectivity index (χ1n) is 4.32. The minimum absolute atomic E-state index is 0.0362. The molecule has 15 heavy (non-hydrogen) atoms. The first-order valence-corrected chi connectivity index (χ1v) is 4.70. The van der Waals surface area contributed by atoms with Gasteiger partial charge in [-0.2, -0.15) is 0 Å². The van der Waals surface area contributed by atoms with Crippen molar-refractivity contribution in [2.75, 3.05) is 20.7 Å². The van der Waals surface area contributed by atoms with Gasteiger partial charge in [-0.15, -0.1) is 0 Å². The number of nitrogens with zero attached hydrogens (tertiary/aromatic N) is 1. The van der Waals surface area contributed by atoms with Gasteiger partial charge in [-0.05, 0) is 12.1 Å². The van der Waals surface area contributed by atoms with Crippen LogP contribution in [0.25, 0.3) is 0 Å². The van der Waals surface area contributed by atoms with E-state index in [-0.39, 0.29) is 24.0 Å². The summed E-state index contributed by atoms with van der Waals surface area (Å²) in [6.07, 6.45) is 0. The summed E-state index contributed by atoms with van der Waals surface area (Å²) in [4.78, 5) is 12.6. The molecule has 1 N–H and O–H groups in total. The van der Waals surface area contributed by atoms with Crippen molar-refractivity contribution in [1.29, 1.82) is 0 Å². The largest absolute Gasteiger partial charge is 0.504 e. The first kappa shape index (κ1) is 11.7. The third-order valence-electron chi connectivity index (χ3n) is 1.77. The highest BCUT2D eigenvalue weighted by Crippen LogP contribution is 2.28. The van der Waals surface area contributed by atoms with Gasteiger partial charge in [0.2, 0.25) is 0 Å². The Balaban J connectivity index is 2.65. The lowest BCUT2D eigenvalue weighted by Crippen LogP contribution is -2.27. The van der Waals surface area contributed by atoms with Crippen LogP contribution in [0.15, 0.2) is 18.2 Å². The summed E-state index contributed by atoms with van der Waals surface area (Å²) in [5.41, 5.74) is 0. The van der Waals surface area contributed by atoms with E-state index in [1.54, 1.807) is 14.1 Å². The lowest BCUT2D eigenvalue weighted by Gasteiger charge is -2.12. The van der Waals surface area contributed by atoms with Gasteiger partial charge in [-0.3, -0.25) is 4.79 Å². The highest BCUT2D eigenvalue weighted by molar-refractivity contribution is 6.30. The first-order chi connectivity index (χ1) is 7.00. The van der Waals surface area contributed by atoms with Crippen LogP contribution in [-0.4, -0.2) is 36.6 Å². The fraction of sp³-hybridized carbons (Fsp3) is 0.300. The number of amides is 1. The van der Waals surface area contributed by atoms with Gasteiger partial charge in [0, 0.05) is 25.2 Å². The number of carbonyl (C=O) groups excluding carboxylic acids is 1. The van der Waals surface area contributed by atoms with Crippen molar-refractivity contribution in [1.82, 2.24) is 4.90 Å². The molecule has 1 aromatic rings. The van der Waals surface area contributed by atoms with Crippen LogP contribution < -0.4 is 4.74 Å². The molecule has 0 aliphatic heterocycles. The Labute approximate surface area is 93.0 Å². The number of ether oxygens (including phenoxy) is 1. The molecular formula is C10H12ClNO3. The van der Waals surface area contributed by atoms with E-state index in [0.29, 0.717) is 5.02 Å². The van der Waals surface area contributed by atoms with Crippen molar-refractivity contribution < 1.29 is 14.6 Å². The molecule has 0 radical (unpaired) electrons. The van der Waals surface area contributed by atoms with Crippen LogP contribution in [-0.2, 0) is 4.79 Å². The number of carbonyl (C=O) groups is 1. The summed E-state index contributed by atoms with van der Waals surface area (Å²) in [5, 5.41) is 9.82. The van der Waals surface area contributed by atoms with Crippen LogP contribution in [0.1, 0.15) is 0 Å². The van der Waals surface area contributed by atoms with Crippen LogP contribution in [0.2, 0.25) is 5.02 Å². The molecule has 1 amide bonds. The molecule has 0 saturated heterocycles. The summed E-state index contributed by atoms with van der Waals surface area (Å²) < 4.78 is 5.12. The summed E-state index contributed by atoms with van der Waals surface area (Å²) >= 11 is 5.71.